The first-order valence-electron chi connectivity index (χ1n) is 8.79. The first kappa shape index (κ1) is 25.5. The minimum Gasteiger partial charge on any atom is -0.371 e. The van der Waals surface area contributed by atoms with Crippen LogP contribution in [-0.4, -0.2) is 33.5 Å². The predicted molar refractivity (Wildman–Crippen MR) is 108 cm³/mol. The Labute approximate surface area is 157 Å². The minimum atomic E-state index is -4.51. The van der Waals surface area contributed by atoms with Crippen molar-refractivity contribution in [2.75, 3.05) is 18.9 Å². The zero-order chi connectivity index (χ0) is 20.2. The summed E-state index contributed by atoms with van der Waals surface area (Å²) >= 11 is 0. The molecule has 26 heavy (non-hydrogen) atoms. The van der Waals surface area contributed by atoms with Gasteiger partial charge in [0.15, 0.2) is 0 Å². The van der Waals surface area contributed by atoms with Gasteiger partial charge in [-0.2, -0.15) is 0 Å². The van der Waals surface area contributed by atoms with Gasteiger partial charge in [-0.25, -0.2) is 0 Å². The number of hydrogen-bond donors (Lipinski definition) is 3. The van der Waals surface area contributed by atoms with Gasteiger partial charge in [0.2, 0.25) is 7.37 Å². The molecule has 1 unspecified atom stereocenters. The van der Waals surface area contributed by atoms with Crippen LogP contribution in [0.4, 0.5) is 0 Å². The van der Waals surface area contributed by atoms with Gasteiger partial charge in [-0.3, -0.25) is 9.13 Å². The van der Waals surface area contributed by atoms with E-state index in [1.54, 1.807) is 0 Å². The third-order valence-corrected chi connectivity index (χ3v) is 7.40. The van der Waals surface area contributed by atoms with E-state index in [1.165, 1.54) is 16.7 Å². The van der Waals surface area contributed by atoms with Gasteiger partial charge in [-0.15, -0.1) is 0 Å². The molecular weight excluding hydrogens is 374 g/mol. The fourth-order valence-corrected chi connectivity index (χ4v) is 5.31. The average Bonchev–Trinajstić information content (AvgIpc) is 2.43. The second kappa shape index (κ2) is 12.8. The molecule has 3 N–H and O–H groups in total. The van der Waals surface area contributed by atoms with Crippen LogP contribution in [0.1, 0.15) is 59.8 Å². The van der Waals surface area contributed by atoms with E-state index in [4.69, 9.17) is 14.5 Å². The molecule has 0 aliphatic heterocycles. The standard InChI is InChI=1S/C18H34O6P2/c1-16(2)8-5-9-17(3)10-6-11-18(4)12-7-13-24-14-25(19,20)15-26(21,22)23/h8,10,12H,5-7,9,11,13-15H2,1-4H3,(H,19,20)(H2,21,22,23). The van der Waals surface area contributed by atoms with Crippen molar-refractivity contribution in [3.8, 4) is 0 Å². The lowest BCUT2D eigenvalue weighted by Crippen LogP contribution is -2.01. The summed E-state index contributed by atoms with van der Waals surface area (Å²) in [7, 11) is -8.45. The van der Waals surface area contributed by atoms with Gasteiger partial charge >= 0.3 is 7.60 Å². The topological polar surface area (TPSA) is 104 Å². The van der Waals surface area contributed by atoms with Gasteiger partial charge in [0.05, 0.1) is 6.61 Å². The number of allylic oxidation sites excluding steroid dienone is 5. The summed E-state index contributed by atoms with van der Waals surface area (Å²) in [4.78, 5) is 26.9. The maximum Gasteiger partial charge on any atom is 0.335 e. The molecule has 0 radical (unpaired) electrons. The Kier molecular flexibility index (Phi) is 12.6. The number of ether oxygens (including phenoxy) is 1. The van der Waals surface area contributed by atoms with Crippen molar-refractivity contribution in [2.24, 2.45) is 0 Å². The summed E-state index contributed by atoms with van der Waals surface area (Å²) in [5.41, 5.74) is 3.96. The first-order chi connectivity index (χ1) is 11.9. The lowest BCUT2D eigenvalue weighted by atomic mass is 10.1. The van der Waals surface area contributed by atoms with E-state index >= 15 is 0 Å². The third kappa shape index (κ3) is 17.0. The number of rotatable bonds is 13. The second-order valence-corrected chi connectivity index (χ2v) is 11.3. The highest BCUT2D eigenvalue weighted by atomic mass is 31.2. The normalized spacial score (nSPS) is 15.7. The monoisotopic (exact) mass is 408 g/mol. The Balaban J connectivity index is 4.00. The molecular formula is C18H34O6P2. The molecule has 0 heterocycles. The van der Waals surface area contributed by atoms with Crippen LogP contribution < -0.4 is 0 Å². The van der Waals surface area contributed by atoms with Crippen LogP contribution in [-0.2, 0) is 13.9 Å². The summed E-state index contributed by atoms with van der Waals surface area (Å²) in [5.74, 6) is -1.03. The largest absolute Gasteiger partial charge is 0.371 e. The molecule has 0 fully saturated rings. The first-order valence-corrected chi connectivity index (χ1v) is 12.6. The van der Waals surface area contributed by atoms with Crippen LogP contribution in [0.5, 0.6) is 0 Å². The van der Waals surface area contributed by atoms with Crippen LogP contribution >= 0.6 is 15.0 Å². The molecule has 0 saturated carbocycles. The van der Waals surface area contributed by atoms with Gasteiger partial charge < -0.3 is 19.4 Å². The van der Waals surface area contributed by atoms with Crippen molar-refractivity contribution in [1.82, 2.24) is 0 Å². The Morgan fingerprint density at radius 2 is 1.35 bits per heavy atom. The van der Waals surface area contributed by atoms with Crippen LogP contribution in [0.25, 0.3) is 0 Å². The molecule has 1 atom stereocenters. The summed E-state index contributed by atoms with van der Waals surface area (Å²) in [6.45, 7) is 8.65. The predicted octanol–water partition coefficient (Wildman–Crippen LogP) is 5.18. The zero-order valence-corrected chi connectivity index (χ0v) is 18.1. The van der Waals surface area contributed by atoms with Gasteiger partial charge in [0.25, 0.3) is 0 Å². The van der Waals surface area contributed by atoms with Crippen molar-refractivity contribution in [2.45, 2.75) is 59.8 Å². The Hall–Kier alpha value is -0.480. The van der Waals surface area contributed by atoms with Crippen molar-refractivity contribution in [3.05, 3.63) is 34.9 Å². The van der Waals surface area contributed by atoms with Crippen molar-refractivity contribution in [1.29, 1.82) is 0 Å². The molecule has 6 nitrogen and oxygen atoms in total. The van der Waals surface area contributed by atoms with Crippen LogP contribution in [0.3, 0.4) is 0 Å². The van der Waals surface area contributed by atoms with Gasteiger partial charge in [-0.1, -0.05) is 34.9 Å². The molecule has 0 aromatic rings. The second-order valence-electron chi connectivity index (χ2n) is 6.94. The molecule has 0 saturated heterocycles. The van der Waals surface area contributed by atoms with Crippen LogP contribution in [0.15, 0.2) is 34.9 Å². The smallest absolute Gasteiger partial charge is 0.335 e. The summed E-state index contributed by atoms with van der Waals surface area (Å²) in [5, 5.41) is 0. The lowest BCUT2D eigenvalue weighted by molar-refractivity contribution is 0.173. The maximum atomic E-state index is 11.6. The summed E-state index contributed by atoms with van der Waals surface area (Å²) in [6.07, 6.45) is 10.7. The molecule has 0 spiro atoms. The van der Waals surface area contributed by atoms with E-state index in [0.29, 0.717) is 6.42 Å². The maximum absolute atomic E-state index is 11.6. The molecule has 8 heteroatoms. The van der Waals surface area contributed by atoms with Gasteiger partial charge in [0, 0.05) is 0 Å². The fraction of sp³-hybridized carbons (Fsp3) is 0.667. The average molecular weight is 408 g/mol. The minimum absolute atomic E-state index is 0.251. The molecule has 0 rings (SSSR count). The Morgan fingerprint density at radius 1 is 0.846 bits per heavy atom. The number of hydrogen-bond acceptors (Lipinski definition) is 3. The van der Waals surface area contributed by atoms with Crippen LogP contribution in [0, 0.1) is 0 Å². The molecule has 0 aliphatic carbocycles. The molecule has 0 aromatic carbocycles. The van der Waals surface area contributed by atoms with E-state index in [-0.39, 0.29) is 6.61 Å². The third-order valence-electron chi connectivity index (χ3n) is 3.58. The molecule has 152 valence electrons. The van der Waals surface area contributed by atoms with E-state index in [2.05, 4.69) is 32.9 Å². The molecule has 0 aromatic heterocycles. The highest BCUT2D eigenvalue weighted by Gasteiger charge is 2.29. The quantitative estimate of drug-likeness (QED) is 0.220. The Morgan fingerprint density at radius 3 is 1.85 bits per heavy atom. The van der Waals surface area contributed by atoms with E-state index in [1.807, 2.05) is 13.0 Å². The molecule has 0 aliphatic rings. The Bertz CT molecular complexity index is 597. The van der Waals surface area contributed by atoms with E-state index in [0.717, 1.165) is 25.7 Å². The zero-order valence-electron chi connectivity index (χ0n) is 16.3. The van der Waals surface area contributed by atoms with Crippen molar-refractivity contribution >= 4 is 15.0 Å². The van der Waals surface area contributed by atoms with Crippen LogP contribution in [0.2, 0.25) is 0 Å². The lowest BCUT2D eigenvalue weighted by Gasteiger charge is -2.12. The van der Waals surface area contributed by atoms with Crippen molar-refractivity contribution in [3.63, 3.8) is 0 Å². The van der Waals surface area contributed by atoms with Gasteiger partial charge in [0.1, 0.15) is 12.3 Å². The van der Waals surface area contributed by atoms with E-state index in [9.17, 15) is 14.0 Å². The fourth-order valence-electron chi connectivity index (χ4n) is 2.26. The van der Waals surface area contributed by atoms with Crippen molar-refractivity contribution < 1.29 is 28.5 Å². The van der Waals surface area contributed by atoms with Gasteiger partial charge in [-0.05, 0) is 59.8 Å². The van der Waals surface area contributed by atoms with E-state index < -0.39 is 27.2 Å². The highest BCUT2D eigenvalue weighted by Crippen LogP contribution is 2.54. The highest BCUT2D eigenvalue weighted by molar-refractivity contribution is 7.72. The summed E-state index contributed by atoms with van der Waals surface area (Å²) < 4.78 is 27.4. The molecule has 0 bridgehead atoms. The molecule has 0 amide bonds. The SMILES string of the molecule is CC(C)=CCCC(C)=CCCC(C)=CCCOCP(=O)(O)CP(=O)(O)O. The summed E-state index contributed by atoms with van der Waals surface area (Å²) in [6, 6.07) is 0.